The minimum atomic E-state index is -1.21. The van der Waals surface area contributed by atoms with Crippen molar-refractivity contribution >= 4 is 23.9 Å². The summed E-state index contributed by atoms with van der Waals surface area (Å²) in [5.74, 6) is -2.31. The van der Waals surface area contributed by atoms with Gasteiger partial charge >= 0.3 is 23.9 Å². The summed E-state index contributed by atoms with van der Waals surface area (Å²) in [6, 6.07) is 0. The lowest BCUT2D eigenvalue weighted by Gasteiger charge is -2.44. The molecular weight excluding hydrogens is 424 g/mol. The highest BCUT2D eigenvalue weighted by Gasteiger charge is 2.52. The van der Waals surface area contributed by atoms with Crippen LogP contribution in [-0.2, 0) is 47.6 Å². The molecule has 1 aliphatic heterocycles. The molecule has 0 aliphatic carbocycles. The standard InChI is InChI=1S/C22H36O10/c1-7-9-10-17(8-2)11-28-22-21(31-16(6)26)20(30-15(5)25)19(29-14(4)24)18(32-22)12-27-13(3)23/h17-22H,7-12H2,1-6H3/t17?,18-,19-,20+,21-,22-/m1/s1. The van der Waals surface area contributed by atoms with Crippen LogP contribution in [0.3, 0.4) is 0 Å². The molecule has 10 heteroatoms. The van der Waals surface area contributed by atoms with Crippen LogP contribution >= 0.6 is 0 Å². The van der Waals surface area contributed by atoms with Crippen LogP contribution in [0.2, 0.25) is 0 Å². The van der Waals surface area contributed by atoms with Gasteiger partial charge in [0.05, 0.1) is 6.61 Å². The lowest BCUT2D eigenvalue weighted by atomic mass is 9.97. The van der Waals surface area contributed by atoms with Gasteiger partial charge in [-0.2, -0.15) is 0 Å². The number of hydrogen-bond acceptors (Lipinski definition) is 10. The van der Waals surface area contributed by atoms with Gasteiger partial charge < -0.3 is 28.4 Å². The first-order valence-corrected chi connectivity index (χ1v) is 11.0. The van der Waals surface area contributed by atoms with Crippen molar-refractivity contribution in [3.05, 3.63) is 0 Å². The van der Waals surface area contributed by atoms with E-state index in [4.69, 9.17) is 28.4 Å². The highest BCUT2D eigenvalue weighted by atomic mass is 16.7. The largest absolute Gasteiger partial charge is 0.463 e. The van der Waals surface area contributed by atoms with Crippen LogP contribution in [0.15, 0.2) is 0 Å². The second-order valence-electron chi connectivity index (χ2n) is 7.82. The number of esters is 4. The fourth-order valence-electron chi connectivity index (χ4n) is 3.45. The van der Waals surface area contributed by atoms with Crippen molar-refractivity contribution in [3.63, 3.8) is 0 Å². The number of unbranched alkanes of at least 4 members (excludes halogenated alkanes) is 1. The quantitative estimate of drug-likeness (QED) is 0.316. The molecule has 0 N–H and O–H groups in total. The van der Waals surface area contributed by atoms with Crippen molar-refractivity contribution in [3.8, 4) is 0 Å². The second kappa shape index (κ2) is 14.1. The molecule has 0 aromatic carbocycles. The average Bonchev–Trinajstić information content (AvgIpc) is 2.69. The van der Waals surface area contributed by atoms with Gasteiger partial charge in [0.2, 0.25) is 0 Å². The van der Waals surface area contributed by atoms with E-state index in [9.17, 15) is 19.2 Å². The summed E-state index contributed by atoms with van der Waals surface area (Å²) in [6.45, 7) is 8.99. The minimum Gasteiger partial charge on any atom is -0.463 e. The summed E-state index contributed by atoms with van der Waals surface area (Å²) in [6.07, 6.45) is -1.76. The molecule has 6 atom stereocenters. The van der Waals surface area contributed by atoms with E-state index < -0.39 is 54.6 Å². The van der Waals surface area contributed by atoms with E-state index in [0.29, 0.717) is 6.61 Å². The molecule has 1 aliphatic rings. The van der Waals surface area contributed by atoms with Crippen molar-refractivity contribution in [1.82, 2.24) is 0 Å². The van der Waals surface area contributed by atoms with E-state index in [-0.39, 0.29) is 12.5 Å². The third-order valence-corrected chi connectivity index (χ3v) is 4.99. The Bertz CT molecular complexity index is 634. The summed E-state index contributed by atoms with van der Waals surface area (Å²) in [5.41, 5.74) is 0. The first kappa shape index (κ1) is 27.8. The zero-order valence-corrected chi connectivity index (χ0v) is 19.8. The van der Waals surface area contributed by atoms with Crippen LogP contribution in [0, 0.1) is 5.92 Å². The molecule has 0 bridgehead atoms. The Morgan fingerprint density at radius 1 is 0.812 bits per heavy atom. The third-order valence-electron chi connectivity index (χ3n) is 4.99. The van der Waals surface area contributed by atoms with Crippen molar-refractivity contribution in [1.29, 1.82) is 0 Å². The van der Waals surface area contributed by atoms with Gasteiger partial charge in [-0.1, -0.05) is 33.1 Å². The lowest BCUT2D eigenvalue weighted by Crippen LogP contribution is -2.63. The summed E-state index contributed by atoms with van der Waals surface area (Å²) in [5, 5.41) is 0. The normalized spacial score (nSPS) is 26.0. The predicted molar refractivity (Wildman–Crippen MR) is 111 cm³/mol. The summed E-state index contributed by atoms with van der Waals surface area (Å²) in [7, 11) is 0. The number of hydrogen-bond donors (Lipinski definition) is 0. The van der Waals surface area contributed by atoms with E-state index in [0.717, 1.165) is 25.7 Å². The Hall–Kier alpha value is -2.20. The van der Waals surface area contributed by atoms with Crippen molar-refractivity contribution in [2.75, 3.05) is 13.2 Å². The maximum Gasteiger partial charge on any atom is 0.303 e. The van der Waals surface area contributed by atoms with E-state index >= 15 is 0 Å². The van der Waals surface area contributed by atoms with Crippen LogP contribution in [0.25, 0.3) is 0 Å². The molecule has 1 unspecified atom stereocenters. The fourth-order valence-corrected chi connectivity index (χ4v) is 3.45. The van der Waals surface area contributed by atoms with Gasteiger partial charge in [0.1, 0.15) is 12.7 Å². The molecule has 0 aromatic rings. The summed E-state index contributed by atoms with van der Waals surface area (Å²) in [4.78, 5) is 46.7. The van der Waals surface area contributed by atoms with Gasteiger partial charge in [0, 0.05) is 27.7 Å². The van der Waals surface area contributed by atoms with E-state index in [1.54, 1.807) is 0 Å². The first-order valence-electron chi connectivity index (χ1n) is 11.0. The van der Waals surface area contributed by atoms with Gasteiger partial charge in [-0.05, 0) is 12.3 Å². The minimum absolute atomic E-state index is 0.252. The third kappa shape index (κ3) is 9.52. The topological polar surface area (TPSA) is 124 Å². The first-order chi connectivity index (χ1) is 15.1. The molecule has 0 spiro atoms. The van der Waals surface area contributed by atoms with E-state index in [1.165, 1.54) is 27.7 Å². The number of rotatable bonds is 12. The monoisotopic (exact) mass is 460 g/mol. The van der Waals surface area contributed by atoms with Crippen molar-refractivity contribution in [2.45, 2.75) is 97.9 Å². The predicted octanol–water partition coefficient (Wildman–Crippen LogP) is 2.30. The Balaban J connectivity index is 3.21. The molecule has 0 aromatic heterocycles. The van der Waals surface area contributed by atoms with Crippen molar-refractivity contribution < 1.29 is 47.6 Å². The molecule has 184 valence electrons. The van der Waals surface area contributed by atoms with Crippen LogP contribution in [0.4, 0.5) is 0 Å². The van der Waals surface area contributed by atoms with Gasteiger partial charge in [-0.15, -0.1) is 0 Å². The Labute approximate surface area is 189 Å². The highest BCUT2D eigenvalue weighted by Crippen LogP contribution is 2.30. The SMILES string of the molecule is CCCCC(CC)CO[C@@H]1O[C@H](COC(C)=O)[C@@H](OC(C)=O)[C@H](OC(C)=O)[C@H]1OC(C)=O. The molecule has 10 nitrogen and oxygen atoms in total. The molecule has 1 rings (SSSR count). The fraction of sp³-hybridized carbons (Fsp3) is 0.818. The average molecular weight is 461 g/mol. The highest BCUT2D eigenvalue weighted by molar-refractivity contribution is 5.68. The van der Waals surface area contributed by atoms with E-state index in [2.05, 4.69) is 13.8 Å². The maximum absolute atomic E-state index is 11.8. The van der Waals surface area contributed by atoms with Gasteiger partial charge in [0.15, 0.2) is 24.6 Å². The Morgan fingerprint density at radius 3 is 1.88 bits per heavy atom. The molecule has 0 saturated carbocycles. The molecule has 1 heterocycles. The molecule has 1 saturated heterocycles. The zero-order chi connectivity index (χ0) is 24.3. The second-order valence-corrected chi connectivity index (χ2v) is 7.82. The zero-order valence-electron chi connectivity index (χ0n) is 19.8. The Morgan fingerprint density at radius 2 is 1.38 bits per heavy atom. The van der Waals surface area contributed by atoms with Crippen LogP contribution in [0.1, 0.15) is 67.2 Å². The van der Waals surface area contributed by atoms with Gasteiger partial charge in [-0.3, -0.25) is 19.2 Å². The Kier molecular flexibility index (Phi) is 12.2. The molecule has 0 radical (unpaired) electrons. The maximum atomic E-state index is 11.8. The van der Waals surface area contributed by atoms with E-state index in [1.807, 2.05) is 0 Å². The van der Waals surface area contributed by atoms with Crippen LogP contribution < -0.4 is 0 Å². The van der Waals surface area contributed by atoms with Crippen molar-refractivity contribution in [2.24, 2.45) is 5.92 Å². The summed E-state index contributed by atoms with van der Waals surface area (Å²) < 4.78 is 33.1. The van der Waals surface area contributed by atoms with Gasteiger partial charge in [0.25, 0.3) is 0 Å². The summed E-state index contributed by atoms with van der Waals surface area (Å²) >= 11 is 0. The van der Waals surface area contributed by atoms with Crippen LogP contribution in [0.5, 0.6) is 0 Å². The number of ether oxygens (including phenoxy) is 6. The molecule has 0 amide bonds. The lowest BCUT2D eigenvalue weighted by molar-refractivity contribution is -0.310. The molecule has 32 heavy (non-hydrogen) atoms. The van der Waals surface area contributed by atoms with Crippen LogP contribution in [-0.4, -0.2) is 67.8 Å². The number of carbonyl (C=O) groups is 4. The molecule has 1 fully saturated rings. The smallest absolute Gasteiger partial charge is 0.303 e. The molecular formula is C22H36O10. The van der Waals surface area contributed by atoms with Gasteiger partial charge in [-0.25, -0.2) is 0 Å². The number of carbonyl (C=O) groups excluding carboxylic acids is 4.